The van der Waals surface area contributed by atoms with Crippen LogP contribution in [0.1, 0.15) is 0 Å². The van der Waals surface area contributed by atoms with Crippen LogP contribution in [0.5, 0.6) is 0 Å². The molecular weight excluding hydrogens is 252 g/mol. The quantitative estimate of drug-likeness (QED) is 0.530. The zero-order valence-electron chi connectivity index (χ0n) is 10.5. The highest BCUT2D eigenvalue weighted by atomic mass is 35.5. The summed E-state index contributed by atoms with van der Waals surface area (Å²) in [5.41, 5.74) is 2.55. The summed E-state index contributed by atoms with van der Waals surface area (Å²) in [7, 11) is 0. The van der Waals surface area contributed by atoms with Crippen molar-refractivity contribution in [3.63, 3.8) is 0 Å². The fourth-order valence-corrected chi connectivity index (χ4v) is 1.82. The van der Waals surface area contributed by atoms with Crippen molar-refractivity contribution in [2.45, 2.75) is 0 Å². The van der Waals surface area contributed by atoms with Gasteiger partial charge in [0, 0.05) is 5.02 Å². The number of benzene rings is 3. The average Bonchev–Trinajstić information content (AvgIpc) is 2.51. The second-order valence-corrected chi connectivity index (χ2v) is 4.46. The third kappa shape index (κ3) is 4.61. The van der Waals surface area contributed by atoms with Crippen LogP contribution < -0.4 is 0 Å². The van der Waals surface area contributed by atoms with E-state index in [-0.39, 0.29) is 0 Å². The molecule has 0 saturated heterocycles. The number of hydrogen-bond acceptors (Lipinski definition) is 0. The smallest absolute Gasteiger partial charge is 0.0405 e. The minimum atomic E-state index is 0.794. The van der Waals surface area contributed by atoms with Gasteiger partial charge in [-0.05, 0) is 23.3 Å². The van der Waals surface area contributed by atoms with Gasteiger partial charge in [-0.3, -0.25) is 0 Å². The number of hydrogen-bond donors (Lipinski definition) is 0. The van der Waals surface area contributed by atoms with Crippen molar-refractivity contribution in [1.82, 2.24) is 0 Å². The third-order valence-corrected chi connectivity index (χ3v) is 2.87. The average molecular weight is 267 g/mol. The van der Waals surface area contributed by atoms with Crippen molar-refractivity contribution in [3.8, 4) is 11.1 Å². The Bertz CT molecular complexity index is 536. The van der Waals surface area contributed by atoms with Crippen molar-refractivity contribution >= 4 is 11.6 Å². The molecule has 0 spiro atoms. The van der Waals surface area contributed by atoms with Gasteiger partial charge in [0.15, 0.2) is 0 Å². The molecule has 0 saturated carbocycles. The lowest BCUT2D eigenvalue weighted by molar-refractivity contribution is 1.62. The van der Waals surface area contributed by atoms with Gasteiger partial charge in [-0.25, -0.2) is 0 Å². The maximum atomic E-state index is 5.54. The topological polar surface area (TPSA) is 0 Å². The molecule has 0 N–H and O–H groups in total. The summed E-state index contributed by atoms with van der Waals surface area (Å²) in [5.74, 6) is 0. The molecule has 0 bridgehead atoms. The zero-order chi connectivity index (χ0) is 13.3. The molecule has 19 heavy (non-hydrogen) atoms. The highest BCUT2D eigenvalue weighted by Gasteiger charge is 1.91. The van der Waals surface area contributed by atoms with Crippen molar-refractivity contribution in [2.24, 2.45) is 0 Å². The lowest BCUT2D eigenvalue weighted by atomic mass is 10.1. The Morgan fingerprint density at radius 1 is 0.421 bits per heavy atom. The van der Waals surface area contributed by atoms with Crippen molar-refractivity contribution in [1.29, 1.82) is 0 Å². The summed E-state index contributed by atoms with van der Waals surface area (Å²) in [4.78, 5) is 0. The Kier molecular flexibility index (Phi) is 5.21. The highest BCUT2D eigenvalue weighted by Crippen LogP contribution is 2.17. The van der Waals surface area contributed by atoms with Gasteiger partial charge in [0.1, 0.15) is 0 Å². The van der Waals surface area contributed by atoms with Crippen LogP contribution in [0.2, 0.25) is 5.02 Å². The minimum Gasteiger partial charge on any atom is -0.0843 e. The summed E-state index contributed by atoms with van der Waals surface area (Å²) in [6.45, 7) is 0. The van der Waals surface area contributed by atoms with Crippen molar-refractivity contribution in [3.05, 3.63) is 96.0 Å². The van der Waals surface area contributed by atoms with Gasteiger partial charge in [0.25, 0.3) is 0 Å². The zero-order valence-corrected chi connectivity index (χ0v) is 11.3. The minimum absolute atomic E-state index is 0.794. The van der Waals surface area contributed by atoms with Crippen LogP contribution in [-0.4, -0.2) is 0 Å². The van der Waals surface area contributed by atoms with E-state index in [1.165, 1.54) is 11.1 Å². The standard InChI is InChI=1S/C12H10.C6H5Cl/c1-3-7-11(8-4-1)12-9-5-2-6-10-12;7-6-4-2-1-3-5-6/h1-10H;1-5H. The molecule has 3 rings (SSSR count). The monoisotopic (exact) mass is 266 g/mol. The lowest BCUT2D eigenvalue weighted by Gasteiger charge is -1.98. The van der Waals surface area contributed by atoms with E-state index in [0.717, 1.165) is 5.02 Å². The Labute approximate surface area is 119 Å². The Morgan fingerprint density at radius 3 is 1.00 bits per heavy atom. The van der Waals surface area contributed by atoms with E-state index in [1.807, 2.05) is 42.5 Å². The first-order valence-corrected chi connectivity index (χ1v) is 6.55. The lowest BCUT2D eigenvalue weighted by Crippen LogP contribution is -1.73. The van der Waals surface area contributed by atoms with Gasteiger partial charge in [0.05, 0.1) is 0 Å². The van der Waals surface area contributed by atoms with Crippen LogP contribution in [0.25, 0.3) is 11.1 Å². The van der Waals surface area contributed by atoms with Crippen LogP contribution in [-0.2, 0) is 0 Å². The van der Waals surface area contributed by atoms with Crippen LogP contribution in [0.3, 0.4) is 0 Å². The first-order valence-electron chi connectivity index (χ1n) is 6.17. The summed E-state index contributed by atoms with van der Waals surface area (Å²) in [5, 5.41) is 0.794. The van der Waals surface area contributed by atoms with E-state index in [1.54, 1.807) is 0 Å². The summed E-state index contributed by atoms with van der Waals surface area (Å²) >= 11 is 5.54. The molecule has 0 nitrogen and oxygen atoms in total. The fourth-order valence-electron chi connectivity index (χ4n) is 1.68. The molecule has 3 aromatic carbocycles. The predicted molar refractivity (Wildman–Crippen MR) is 83.3 cm³/mol. The fraction of sp³-hybridized carbons (Fsp3) is 0. The normalized spacial score (nSPS) is 9.32. The summed E-state index contributed by atoms with van der Waals surface area (Å²) in [6.07, 6.45) is 0. The molecule has 94 valence electrons. The second-order valence-electron chi connectivity index (χ2n) is 4.03. The van der Waals surface area contributed by atoms with Gasteiger partial charge >= 0.3 is 0 Å². The van der Waals surface area contributed by atoms with E-state index in [9.17, 15) is 0 Å². The van der Waals surface area contributed by atoms with E-state index in [4.69, 9.17) is 11.6 Å². The largest absolute Gasteiger partial charge is 0.0843 e. The Morgan fingerprint density at radius 2 is 0.737 bits per heavy atom. The van der Waals surface area contributed by atoms with E-state index >= 15 is 0 Å². The van der Waals surface area contributed by atoms with E-state index in [0.29, 0.717) is 0 Å². The van der Waals surface area contributed by atoms with Crippen molar-refractivity contribution < 1.29 is 0 Å². The van der Waals surface area contributed by atoms with Crippen LogP contribution in [0.15, 0.2) is 91.0 Å². The van der Waals surface area contributed by atoms with Crippen LogP contribution in [0, 0.1) is 0 Å². The Hall–Kier alpha value is -2.05. The molecule has 1 heteroatoms. The highest BCUT2D eigenvalue weighted by molar-refractivity contribution is 6.30. The molecule has 0 amide bonds. The van der Waals surface area contributed by atoms with E-state index in [2.05, 4.69) is 48.5 Å². The van der Waals surface area contributed by atoms with Crippen molar-refractivity contribution in [2.75, 3.05) is 0 Å². The van der Waals surface area contributed by atoms with Gasteiger partial charge in [-0.15, -0.1) is 0 Å². The molecule has 0 atom stereocenters. The van der Waals surface area contributed by atoms with Gasteiger partial charge in [-0.2, -0.15) is 0 Å². The molecule has 0 fully saturated rings. The van der Waals surface area contributed by atoms with Gasteiger partial charge in [0.2, 0.25) is 0 Å². The molecule has 0 aromatic heterocycles. The number of rotatable bonds is 1. The number of halogens is 1. The molecule has 0 heterocycles. The third-order valence-electron chi connectivity index (χ3n) is 2.61. The second kappa shape index (κ2) is 7.40. The molecule has 0 radical (unpaired) electrons. The molecular formula is C18H15Cl. The molecule has 0 aliphatic carbocycles. The molecule has 3 aromatic rings. The molecule has 0 aliphatic rings. The summed E-state index contributed by atoms with van der Waals surface area (Å²) < 4.78 is 0. The molecule has 0 unspecified atom stereocenters. The van der Waals surface area contributed by atoms with Gasteiger partial charge < -0.3 is 0 Å². The first kappa shape index (κ1) is 13.4. The van der Waals surface area contributed by atoms with E-state index < -0.39 is 0 Å². The molecule has 0 aliphatic heterocycles. The Balaban J connectivity index is 0.000000163. The maximum Gasteiger partial charge on any atom is 0.0405 e. The SMILES string of the molecule is Clc1ccccc1.c1ccc(-c2ccccc2)cc1. The first-order chi connectivity index (χ1) is 9.36. The predicted octanol–water partition coefficient (Wildman–Crippen LogP) is 5.69. The van der Waals surface area contributed by atoms with Crippen LogP contribution >= 0.6 is 11.6 Å². The maximum absolute atomic E-state index is 5.54. The van der Waals surface area contributed by atoms with Gasteiger partial charge in [-0.1, -0.05) is 90.5 Å². The van der Waals surface area contributed by atoms with Crippen LogP contribution in [0.4, 0.5) is 0 Å². The summed E-state index contributed by atoms with van der Waals surface area (Å²) in [6, 6.07) is 30.2.